The maximum atomic E-state index is 11.7. The minimum Gasteiger partial charge on any atom is -0.505 e. The molecule has 1 amide bonds. The van der Waals surface area contributed by atoms with E-state index in [1.807, 2.05) is 0 Å². The number of H-pyrrole nitrogens is 1. The lowest BCUT2D eigenvalue weighted by Crippen LogP contribution is -2.23. The molecule has 0 aliphatic carbocycles. The van der Waals surface area contributed by atoms with Gasteiger partial charge in [0.1, 0.15) is 11.6 Å². The number of amides is 1. The zero-order chi connectivity index (χ0) is 12.3. The number of nitrogens with one attached hydrogen (secondary N) is 2. The normalized spacial score (nSPS) is 10.1. The second-order valence-electron chi connectivity index (χ2n) is 3.38. The minimum absolute atomic E-state index is 0.162. The van der Waals surface area contributed by atoms with Crippen molar-refractivity contribution >= 4 is 11.7 Å². The molecule has 0 atom stereocenters. The maximum absolute atomic E-state index is 11.7. The predicted octanol–water partition coefficient (Wildman–Crippen LogP) is 0.0225. The van der Waals surface area contributed by atoms with E-state index in [0.29, 0.717) is 11.4 Å². The van der Waals surface area contributed by atoms with Crippen LogP contribution in [0.1, 0.15) is 15.9 Å². The number of aromatic amines is 1. The average molecular weight is 233 g/mol. The fourth-order valence-corrected chi connectivity index (χ4v) is 1.31. The standard InChI is InChI=1S/C10H11N5O2/c11-9-6(4-14-15-9)3-13-10(17)7-1-2-12-5-8(7)16/h1-2,4-5,16H,3H2,(H,13,17)(H3,11,14,15). The van der Waals surface area contributed by atoms with Crippen LogP contribution in [0.25, 0.3) is 0 Å². The summed E-state index contributed by atoms with van der Waals surface area (Å²) in [4.78, 5) is 15.4. The largest absolute Gasteiger partial charge is 0.505 e. The molecule has 2 aromatic rings. The lowest BCUT2D eigenvalue weighted by atomic mass is 10.2. The van der Waals surface area contributed by atoms with Gasteiger partial charge in [0.2, 0.25) is 0 Å². The first kappa shape index (κ1) is 10.9. The molecule has 0 aromatic carbocycles. The number of carbonyl (C=O) groups excluding carboxylic acids is 1. The second-order valence-corrected chi connectivity index (χ2v) is 3.38. The van der Waals surface area contributed by atoms with E-state index in [9.17, 15) is 9.90 Å². The van der Waals surface area contributed by atoms with Crippen molar-refractivity contribution in [1.82, 2.24) is 20.5 Å². The third-order valence-electron chi connectivity index (χ3n) is 2.24. The maximum Gasteiger partial charge on any atom is 0.255 e. The molecular formula is C10H11N5O2. The average Bonchev–Trinajstić information content (AvgIpc) is 2.72. The molecule has 7 heteroatoms. The number of anilines is 1. The Morgan fingerprint density at radius 3 is 3.00 bits per heavy atom. The number of aromatic hydroxyl groups is 1. The Morgan fingerprint density at radius 1 is 1.53 bits per heavy atom. The van der Waals surface area contributed by atoms with Crippen molar-refractivity contribution in [2.75, 3.05) is 5.73 Å². The number of carbonyl (C=O) groups is 1. The lowest BCUT2D eigenvalue weighted by Gasteiger charge is -2.05. The lowest BCUT2D eigenvalue weighted by molar-refractivity contribution is 0.0948. The van der Waals surface area contributed by atoms with Crippen LogP contribution in [0.3, 0.4) is 0 Å². The Kier molecular flexibility index (Phi) is 2.91. The van der Waals surface area contributed by atoms with E-state index < -0.39 is 5.91 Å². The van der Waals surface area contributed by atoms with Gasteiger partial charge in [0.15, 0.2) is 0 Å². The number of nitrogens with two attached hydrogens (primary N) is 1. The molecular weight excluding hydrogens is 222 g/mol. The minimum atomic E-state index is -0.398. The fraction of sp³-hybridized carbons (Fsp3) is 0.100. The van der Waals surface area contributed by atoms with Gasteiger partial charge in [-0.25, -0.2) is 0 Å². The molecule has 0 saturated carbocycles. The van der Waals surface area contributed by atoms with Crippen LogP contribution in [-0.4, -0.2) is 26.2 Å². The summed E-state index contributed by atoms with van der Waals surface area (Å²) in [6.45, 7) is 0.239. The Balaban J connectivity index is 2.04. The zero-order valence-electron chi connectivity index (χ0n) is 8.84. The second kappa shape index (κ2) is 4.52. The molecule has 7 nitrogen and oxygen atoms in total. The number of hydrogen-bond donors (Lipinski definition) is 4. The molecule has 88 valence electrons. The monoisotopic (exact) mass is 233 g/mol. The van der Waals surface area contributed by atoms with Gasteiger partial charge in [0.25, 0.3) is 5.91 Å². The molecule has 5 N–H and O–H groups in total. The highest BCUT2D eigenvalue weighted by atomic mass is 16.3. The van der Waals surface area contributed by atoms with E-state index in [1.54, 1.807) is 0 Å². The van der Waals surface area contributed by atoms with E-state index in [0.717, 1.165) is 0 Å². The SMILES string of the molecule is Nc1[nH]ncc1CNC(=O)c1ccncc1O. The Hall–Kier alpha value is -2.57. The molecule has 0 fully saturated rings. The highest BCUT2D eigenvalue weighted by molar-refractivity contribution is 5.96. The van der Waals surface area contributed by atoms with Gasteiger partial charge in [0, 0.05) is 18.3 Å². The van der Waals surface area contributed by atoms with Crippen LogP contribution in [0.2, 0.25) is 0 Å². The van der Waals surface area contributed by atoms with Crippen molar-refractivity contribution in [1.29, 1.82) is 0 Å². The summed E-state index contributed by atoms with van der Waals surface area (Å²) in [6.07, 6.45) is 4.17. The number of nitrogens with zero attached hydrogens (tertiary/aromatic N) is 2. The quantitative estimate of drug-likeness (QED) is 0.596. The predicted molar refractivity (Wildman–Crippen MR) is 60.1 cm³/mol. The van der Waals surface area contributed by atoms with Crippen LogP contribution >= 0.6 is 0 Å². The van der Waals surface area contributed by atoms with E-state index in [4.69, 9.17) is 5.73 Å². The number of nitrogen functional groups attached to an aromatic ring is 1. The molecule has 0 aliphatic heterocycles. The van der Waals surface area contributed by atoms with Crippen molar-refractivity contribution in [3.05, 3.63) is 35.8 Å². The van der Waals surface area contributed by atoms with Crippen LogP contribution in [0.4, 0.5) is 5.82 Å². The smallest absolute Gasteiger partial charge is 0.255 e. The van der Waals surface area contributed by atoms with Gasteiger partial charge in [-0.3, -0.25) is 14.9 Å². The summed E-state index contributed by atoms with van der Waals surface area (Å²) >= 11 is 0. The summed E-state index contributed by atoms with van der Waals surface area (Å²) in [5.41, 5.74) is 6.42. The van der Waals surface area contributed by atoms with Gasteiger partial charge >= 0.3 is 0 Å². The van der Waals surface area contributed by atoms with Crippen molar-refractivity contribution in [2.24, 2.45) is 0 Å². The van der Waals surface area contributed by atoms with Crippen LogP contribution in [-0.2, 0) is 6.54 Å². The van der Waals surface area contributed by atoms with Gasteiger partial charge < -0.3 is 16.2 Å². The van der Waals surface area contributed by atoms with Gasteiger partial charge in [-0.05, 0) is 6.07 Å². The highest BCUT2D eigenvalue weighted by Gasteiger charge is 2.11. The number of pyridine rings is 1. The molecule has 0 aliphatic rings. The Bertz CT molecular complexity index is 537. The zero-order valence-corrected chi connectivity index (χ0v) is 8.84. The van der Waals surface area contributed by atoms with E-state index in [-0.39, 0.29) is 17.9 Å². The van der Waals surface area contributed by atoms with Crippen LogP contribution in [0, 0.1) is 0 Å². The van der Waals surface area contributed by atoms with Gasteiger partial charge in [-0.2, -0.15) is 5.10 Å². The van der Waals surface area contributed by atoms with E-state index in [1.165, 1.54) is 24.7 Å². The number of rotatable bonds is 3. The van der Waals surface area contributed by atoms with E-state index in [2.05, 4.69) is 20.5 Å². The van der Waals surface area contributed by atoms with Crippen molar-refractivity contribution in [3.8, 4) is 5.75 Å². The summed E-state index contributed by atoms with van der Waals surface area (Å²) in [5.74, 6) is -0.153. The van der Waals surface area contributed by atoms with Crippen molar-refractivity contribution in [3.63, 3.8) is 0 Å². The van der Waals surface area contributed by atoms with Crippen LogP contribution in [0.5, 0.6) is 5.75 Å². The van der Waals surface area contributed by atoms with Crippen LogP contribution < -0.4 is 11.1 Å². The first-order valence-corrected chi connectivity index (χ1v) is 4.87. The third kappa shape index (κ3) is 2.33. The van der Waals surface area contributed by atoms with Gasteiger partial charge in [0.05, 0.1) is 18.0 Å². The van der Waals surface area contributed by atoms with Crippen molar-refractivity contribution < 1.29 is 9.90 Å². The summed E-state index contributed by atoms with van der Waals surface area (Å²) in [5, 5.41) is 18.3. The Morgan fingerprint density at radius 2 is 2.35 bits per heavy atom. The number of hydrogen-bond acceptors (Lipinski definition) is 5. The van der Waals surface area contributed by atoms with Gasteiger partial charge in [-0.1, -0.05) is 0 Å². The molecule has 0 spiro atoms. The molecule has 0 bridgehead atoms. The molecule has 17 heavy (non-hydrogen) atoms. The summed E-state index contributed by atoms with van der Waals surface area (Å²) in [7, 11) is 0. The Labute approximate surface area is 96.7 Å². The third-order valence-corrected chi connectivity index (χ3v) is 2.24. The molecule has 2 rings (SSSR count). The topological polar surface area (TPSA) is 117 Å². The fourth-order valence-electron chi connectivity index (χ4n) is 1.31. The molecule has 0 radical (unpaired) electrons. The van der Waals surface area contributed by atoms with E-state index >= 15 is 0 Å². The molecule has 2 aromatic heterocycles. The summed E-state index contributed by atoms with van der Waals surface area (Å²) in [6, 6.07) is 1.43. The highest BCUT2D eigenvalue weighted by Crippen LogP contribution is 2.14. The first-order chi connectivity index (χ1) is 8.18. The first-order valence-electron chi connectivity index (χ1n) is 4.87. The van der Waals surface area contributed by atoms with Crippen molar-refractivity contribution in [2.45, 2.75) is 6.54 Å². The molecule has 0 unspecified atom stereocenters. The molecule has 2 heterocycles. The number of aromatic nitrogens is 3. The van der Waals surface area contributed by atoms with Crippen LogP contribution in [0.15, 0.2) is 24.7 Å². The molecule has 0 saturated heterocycles. The van der Waals surface area contributed by atoms with Gasteiger partial charge in [-0.15, -0.1) is 0 Å². The summed E-state index contributed by atoms with van der Waals surface area (Å²) < 4.78 is 0.